The second kappa shape index (κ2) is 5.84. The van der Waals surface area contributed by atoms with Gasteiger partial charge in [-0.1, -0.05) is 29.8 Å². The number of rotatable bonds is 4. The van der Waals surface area contributed by atoms with E-state index in [0.29, 0.717) is 16.8 Å². The zero-order chi connectivity index (χ0) is 13.8. The van der Waals surface area contributed by atoms with Crippen molar-refractivity contribution in [3.05, 3.63) is 68.2 Å². The van der Waals surface area contributed by atoms with Crippen LogP contribution in [0.2, 0.25) is 0 Å². The van der Waals surface area contributed by atoms with Crippen LogP contribution in [-0.2, 0) is 6.61 Å². The number of ether oxygens (including phenoxy) is 1. The molecule has 0 bridgehead atoms. The summed E-state index contributed by atoms with van der Waals surface area (Å²) in [4.78, 5) is 10.3. The first kappa shape index (κ1) is 13.5. The molecule has 2 aromatic carbocycles. The molecule has 0 radical (unpaired) electrons. The molecule has 0 spiro atoms. The first-order valence-electron chi connectivity index (χ1n) is 5.68. The molecule has 0 atom stereocenters. The SMILES string of the molecule is Cc1cccc(COc2cc([N+](=O)[O-])ccc2Br)c1. The number of benzene rings is 2. The van der Waals surface area contributed by atoms with E-state index in [0.717, 1.165) is 11.1 Å². The summed E-state index contributed by atoms with van der Waals surface area (Å²) < 4.78 is 6.32. The molecule has 0 aliphatic carbocycles. The first-order valence-corrected chi connectivity index (χ1v) is 6.48. The molecular weight excluding hydrogens is 310 g/mol. The smallest absolute Gasteiger partial charge is 0.273 e. The quantitative estimate of drug-likeness (QED) is 0.625. The van der Waals surface area contributed by atoms with Crippen molar-refractivity contribution in [2.75, 3.05) is 0 Å². The molecule has 0 saturated heterocycles. The number of non-ortho nitro benzene ring substituents is 1. The molecule has 0 heterocycles. The van der Waals surface area contributed by atoms with Gasteiger partial charge in [0.15, 0.2) is 0 Å². The number of halogens is 1. The van der Waals surface area contributed by atoms with Crippen molar-refractivity contribution in [2.45, 2.75) is 13.5 Å². The first-order chi connectivity index (χ1) is 9.06. The molecule has 0 saturated carbocycles. The van der Waals surface area contributed by atoms with Crippen LogP contribution < -0.4 is 4.74 Å². The van der Waals surface area contributed by atoms with Crippen LogP contribution in [0.15, 0.2) is 46.9 Å². The molecule has 2 aromatic rings. The van der Waals surface area contributed by atoms with Gasteiger partial charge in [-0.05, 0) is 34.5 Å². The van der Waals surface area contributed by atoms with E-state index < -0.39 is 4.92 Å². The van der Waals surface area contributed by atoms with Crippen LogP contribution in [0, 0.1) is 17.0 Å². The summed E-state index contributed by atoms with van der Waals surface area (Å²) in [5, 5.41) is 10.7. The Morgan fingerprint density at radius 3 is 2.74 bits per heavy atom. The molecule has 0 N–H and O–H groups in total. The summed E-state index contributed by atoms with van der Waals surface area (Å²) in [7, 11) is 0. The number of hydrogen-bond acceptors (Lipinski definition) is 3. The second-order valence-electron chi connectivity index (χ2n) is 4.15. The van der Waals surface area contributed by atoms with Crippen LogP contribution in [-0.4, -0.2) is 4.92 Å². The largest absolute Gasteiger partial charge is 0.487 e. The molecular formula is C14H12BrNO3. The van der Waals surface area contributed by atoms with Crippen molar-refractivity contribution < 1.29 is 9.66 Å². The van der Waals surface area contributed by atoms with E-state index in [-0.39, 0.29) is 5.69 Å². The van der Waals surface area contributed by atoms with Crippen LogP contribution in [0.4, 0.5) is 5.69 Å². The lowest BCUT2D eigenvalue weighted by atomic mass is 10.1. The van der Waals surface area contributed by atoms with Crippen LogP contribution in [0.3, 0.4) is 0 Å². The third-order valence-electron chi connectivity index (χ3n) is 2.60. The lowest BCUT2D eigenvalue weighted by molar-refractivity contribution is -0.385. The van der Waals surface area contributed by atoms with Gasteiger partial charge in [-0.15, -0.1) is 0 Å². The zero-order valence-corrected chi connectivity index (χ0v) is 11.9. The lowest BCUT2D eigenvalue weighted by Crippen LogP contribution is -1.97. The van der Waals surface area contributed by atoms with Gasteiger partial charge in [-0.3, -0.25) is 10.1 Å². The molecule has 0 unspecified atom stereocenters. The van der Waals surface area contributed by atoms with E-state index in [4.69, 9.17) is 4.74 Å². The van der Waals surface area contributed by atoms with Crippen LogP contribution in [0.1, 0.15) is 11.1 Å². The Morgan fingerprint density at radius 2 is 2.05 bits per heavy atom. The number of nitro groups is 1. The maximum absolute atomic E-state index is 10.7. The number of nitro benzene ring substituents is 1. The van der Waals surface area contributed by atoms with E-state index in [1.807, 2.05) is 31.2 Å². The summed E-state index contributed by atoms with van der Waals surface area (Å²) in [5.41, 5.74) is 2.19. The minimum absolute atomic E-state index is 0.0162. The summed E-state index contributed by atoms with van der Waals surface area (Å²) in [6.45, 7) is 2.38. The molecule has 0 aliphatic rings. The fraction of sp³-hybridized carbons (Fsp3) is 0.143. The van der Waals surface area contributed by atoms with E-state index in [1.54, 1.807) is 6.07 Å². The molecule has 2 rings (SSSR count). The fourth-order valence-electron chi connectivity index (χ4n) is 1.68. The van der Waals surface area contributed by atoms with Gasteiger partial charge < -0.3 is 4.74 Å². The highest BCUT2D eigenvalue weighted by atomic mass is 79.9. The van der Waals surface area contributed by atoms with Crippen LogP contribution in [0.25, 0.3) is 0 Å². The highest BCUT2D eigenvalue weighted by Crippen LogP contribution is 2.29. The average molecular weight is 322 g/mol. The topological polar surface area (TPSA) is 52.4 Å². The molecule has 0 fully saturated rings. The Kier molecular flexibility index (Phi) is 4.16. The van der Waals surface area contributed by atoms with Crippen molar-refractivity contribution in [3.8, 4) is 5.75 Å². The fourth-order valence-corrected chi connectivity index (χ4v) is 2.04. The number of hydrogen-bond donors (Lipinski definition) is 0. The zero-order valence-electron chi connectivity index (χ0n) is 10.3. The third-order valence-corrected chi connectivity index (χ3v) is 3.26. The van der Waals surface area contributed by atoms with Crippen molar-refractivity contribution in [1.29, 1.82) is 0 Å². The minimum Gasteiger partial charge on any atom is -0.487 e. The van der Waals surface area contributed by atoms with Crippen molar-refractivity contribution in [2.24, 2.45) is 0 Å². The monoisotopic (exact) mass is 321 g/mol. The average Bonchev–Trinajstić information content (AvgIpc) is 2.37. The second-order valence-corrected chi connectivity index (χ2v) is 5.00. The normalized spacial score (nSPS) is 10.2. The molecule has 19 heavy (non-hydrogen) atoms. The lowest BCUT2D eigenvalue weighted by Gasteiger charge is -2.08. The molecule has 5 heteroatoms. The maximum Gasteiger partial charge on any atom is 0.273 e. The number of aryl methyl sites for hydroxylation is 1. The van der Waals surface area contributed by atoms with Gasteiger partial charge in [0.1, 0.15) is 12.4 Å². The van der Waals surface area contributed by atoms with Crippen LogP contribution >= 0.6 is 15.9 Å². The number of nitrogens with zero attached hydrogens (tertiary/aromatic N) is 1. The van der Waals surface area contributed by atoms with E-state index in [9.17, 15) is 10.1 Å². The predicted molar refractivity (Wildman–Crippen MR) is 76.3 cm³/mol. The Morgan fingerprint density at radius 1 is 1.26 bits per heavy atom. The van der Waals surface area contributed by atoms with Crippen molar-refractivity contribution >= 4 is 21.6 Å². The van der Waals surface area contributed by atoms with Gasteiger partial charge in [0.25, 0.3) is 5.69 Å². The summed E-state index contributed by atoms with van der Waals surface area (Å²) >= 11 is 3.32. The molecule has 0 aromatic heterocycles. The highest BCUT2D eigenvalue weighted by molar-refractivity contribution is 9.10. The van der Waals surface area contributed by atoms with Gasteiger partial charge in [0.2, 0.25) is 0 Å². The minimum atomic E-state index is -0.439. The van der Waals surface area contributed by atoms with E-state index in [1.165, 1.54) is 12.1 Å². The van der Waals surface area contributed by atoms with Crippen LogP contribution in [0.5, 0.6) is 5.75 Å². The van der Waals surface area contributed by atoms with E-state index >= 15 is 0 Å². The summed E-state index contributed by atoms with van der Waals surface area (Å²) in [5.74, 6) is 0.468. The predicted octanol–water partition coefficient (Wildman–Crippen LogP) is 4.24. The summed E-state index contributed by atoms with van der Waals surface area (Å²) in [6.07, 6.45) is 0. The molecule has 4 nitrogen and oxygen atoms in total. The molecule has 0 amide bonds. The maximum atomic E-state index is 10.7. The third kappa shape index (κ3) is 3.54. The Hall–Kier alpha value is -1.88. The Balaban J connectivity index is 2.15. The highest BCUT2D eigenvalue weighted by Gasteiger charge is 2.10. The van der Waals surface area contributed by atoms with Crippen molar-refractivity contribution in [1.82, 2.24) is 0 Å². The van der Waals surface area contributed by atoms with Gasteiger partial charge in [-0.25, -0.2) is 0 Å². The summed E-state index contributed by atoms with van der Waals surface area (Å²) in [6, 6.07) is 12.4. The van der Waals surface area contributed by atoms with Gasteiger partial charge in [0.05, 0.1) is 15.5 Å². The van der Waals surface area contributed by atoms with Gasteiger partial charge in [0, 0.05) is 6.07 Å². The van der Waals surface area contributed by atoms with Crippen molar-refractivity contribution in [3.63, 3.8) is 0 Å². The standard InChI is InChI=1S/C14H12BrNO3/c1-10-3-2-4-11(7-10)9-19-14-8-12(16(17)18)5-6-13(14)15/h2-8H,9H2,1H3. The Labute approximate surface area is 119 Å². The molecule has 0 aliphatic heterocycles. The van der Waals surface area contributed by atoms with Gasteiger partial charge >= 0.3 is 0 Å². The van der Waals surface area contributed by atoms with Gasteiger partial charge in [-0.2, -0.15) is 0 Å². The van der Waals surface area contributed by atoms with E-state index in [2.05, 4.69) is 15.9 Å². The Bertz CT molecular complexity index is 613. The molecule has 98 valence electrons.